The van der Waals surface area contributed by atoms with E-state index in [1.807, 2.05) is 18.2 Å². The van der Waals surface area contributed by atoms with Crippen LogP contribution in [0.5, 0.6) is 23.0 Å². The molecule has 1 aliphatic heterocycles. The van der Waals surface area contributed by atoms with Gasteiger partial charge in [-0.25, -0.2) is 0 Å². The van der Waals surface area contributed by atoms with Crippen molar-refractivity contribution in [1.29, 1.82) is 0 Å². The van der Waals surface area contributed by atoms with Gasteiger partial charge in [-0.15, -0.1) is 0 Å². The maximum Gasteiger partial charge on any atom is 0.256 e. The fourth-order valence-corrected chi connectivity index (χ4v) is 4.08. The van der Waals surface area contributed by atoms with Gasteiger partial charge in [0.25, 0.3) is 5.91 Å². The average Bonchev–Trinajstić information content (AvgIpc) is 3.31. The van der Waals surface area contributed by atoms with Crippen LogP contribution in [-0.2, 0) is 4.74 Å². The second kappa shape index (κ2) is 10.5. The van der Waals surface area contributed by atoms with Crippen LogP contribution in [0, 0.1) is 0 Å². The number of anilines is 1. The largest absolute Gasteiger partial charge is 0.497 e. The zero-order valence-corrected chi connectivity index (χ0v) is 19.8. The molecule has 180 valence electrons. The summed E-state index contributed by atoms with van der Waals surface area (Å²) in [6, 6.07) is 10.6. The van der Waals surface area contributed by atoms with Crippen molar-refractivity contribution in [3.8, 4) is 34.3 Å². The van der Waals surface area contributed by atoms with Crippen LogP contribution in [0.2, 0.25) is 0 Å². The lowest BCUT2D eigenvalue weighted by atomic mass is 9.94. The molecule has 1 aliphatic rings. The molecule has 9 nitrogen and oxygen atoms in total. The highest BCUT2D eigenvalue weighted by Crippen LogP contribution is 2.40. The van der Waals surface area contributed by atoms with E-state index in [1.54, 1.807) is 46.6 Å². The summed E-state index contributed by atoms with van der Waals surface area (Å²) in [6.45, 7) is 1.33. The molecular formula is C25H29N3O6. The van der Waals surface area contributed by atoms with Crippen LogP contribution in [0.4, 0.5) is 5.69 Å². The number of nitrogens with one attached hydrogen (secondary N) is 2. The van der Waals surface area contributed by atoms with Crippen molar-refractivity contribution in [2.75, 3.05) is 47.0 Å². The van der Waals surface area contributed by atoms with Gasteiger partial charge in [-0.05, 0) is 43.2 Å². The van der Waals surface area contributed by atoms with E-state index < -0.39 is 0 Å². The van der Waals surface area contributed by atoms with Crippen molar-refractivity contribution >= 4 is 11.6 Å². The second-order valence-corrected chi connectivity index (χ2v) is 7.87. The average molecular weight is 468 g/mol. The highest BCUT2D eigenvalue weighted by atomic mass is 16.5. The molecule has 2 aromatic carbocycles. The van der Waals surface area contributed by atoms with E-state index in [4.69, 9.17) is 23.7 Å². The minimum absolute atomic E-state index is 0.185. The summed E-state index contributed by atoms with van der Waals surface area (Å²) in [7, 11) is 6.26. The van der Waals surface area contributed by atoms with Crippen LogP contribution < -0.4 is 24.3 Å². The van der Waals surface area contributed by atoms with Gasteiger partial charge in [0.1, 0.15) is 17.2 Å². The van der Waals surface area contributed by atoms with Gasteiger partial charge in [0, 0.05) is 36.3 Å². The molecule has 0 atom stereocenters. The Kier molecular flexibility index (Phi) is 7.22. The van der Waals surface area contributed by atoms with Crippen LogP contribution in [0.15, 0.2) is 36.4 Å². The molecule has 0 aliphatic carbocycles. The molecule has 0 radical (unpaired) electrons. The maximum atomic E-state index is 13.4. The fraction of sp³-hybridized carbons (Fsp3) is 0.360. The van der Waals surface area contributed by atoms with Gasteiger partial charge in [0.2, 0.25) is 0 Å². The molecule has 2 heterocycles. The van der Waals surface area contributed by atoms with Gasteiger partial charge in [-0.2, -0.15) is 5.10 Å². The molecular weight excluding hydrogens is 438 g/mol. The topological polar surface area (TPSA) is 104 Å². The Balaban J connectivity index is 1.75. The molecule has 4 rings (SSSR count). The van der Waals surface area contributed by atoms with Crippen LogP contribution >= 0.6 is 0 Å². The standard InChI is InChI=1S/C25H29N3O6/c1-30-18-11-17(12-19(14-18)31-2)25(29)26-24-22(15-7-9-34-10-8-15)27-28-23(24)16-5-6-20(32-3)21(13-16)33-4/h5-6,11-15H,7-10H2,1-4H3,(H,26,29)(H,27,28). The summed E-state index contributed by atoms with van der Waals surface area (Å²) in [5, 5.41) is 10.8. The highest BCUT2D eigenvalue weighted by Gasteiger charge is 2.26. The van der Waals surface area contributed by atoms with Crippen molar-refractivity contribution < 1.29 is 28.5 Å². The summed E-state index contributed by atoms with van der Waals surface area (Å²) < 4.78 is 27.0. The third-order valence-corrected chi connectivity index (χ3v) is 5.93. The first-order valence-electron chi connectivity index (χ1n) is 11.0. The van der Waals surface area contributed by atoms with Gasteiger partial charge >= 0.3 is 0 Å². The van der Waals surface area contributed by atoms with Gasteiger partial charge in [0.15, 0.2) is 11.5 Å². The van der Waals surface area contributed by atoms with Gasteiger partial charge in [-0.3, -0.25) is 9.89 Å². The number of rotatable bonds is 8. The van der Waals surface area contributed by atoms with E-state index >= 15 is 0 Å². The number of methoxy groups -OCH3 is 4. The molecule has 0 saturated carbocycles. The minimum atomic E-state index is -0.298. The zero-order valence-electron chi connectivity index (χ0n) is 19.8. The normalized spacial score (nSPS) is 13.9. The van der Waals surface area contributed by atoms with E-state index in [2.05, 4.69) is 15.5 Å². The van der Waals surface area contributed by atoms with Crippen molar-refractivity contribution in [3.63, 3.8) is 0 Å². The van der Waals surface area contributed by atoms with E-state index in [9.17, 15) is 4.79 Å². The Labute approximate surface area is 198 Å². The van der Waals surface area contributed by atoms with Crippen molar-refractivity contribution in [1.82, 2.24) is 10.2 Å². The zero-order chi connectivity index (χ0) is 24.1. The third-order valence-electron chi connectivity index (χ3n) is 5.93. The molecule has 1 aromatic heterocycles. The first-order chi connectivity index (χ1) is 16.6. The molecule has 2 N–H and O–H groups in total. The number of hydrogen-bond acceptors (Lipinski definition) is 7. The Morgan fingerprint density at radius 1 is 0.941 bits per heavy atom. The molecule has 9 heteroatoms. The maximum absolute atomic E-state index is 13.4. The lowest BCUT2D eigenvalue weighted by Crippen LogP contribution is -2.18. The summed E-state index contributed by atoms with van der Waals surface area (Å²) >= 11 is 0. The van der Waals surface area contributed by atoms with Gasteiger partial charge in [-0.1, -0.05) is 0 Å². The predicted molar refractivity (Wildman–Crippen MR) is 127 cm³/mol. The highest BCUT2D eigenvalue weighted by molar-refractivity contribution is 6.07. The van der Waals surface area contributed by atoms with Crippen LogP contribution in [-0.4, -0.2) is 57.8 Å². The lowest BCUT2D eigenvalue weighted by molar-refractivity contribution is 0.0846. The number of aromatic amines is 1. The van der Waals surface area contributed by atoms with Crippen LogP contribution in [0.1, 0.15) is 34.8 Å². The third kappa shape index (κ3) is 4.79. The number of nitrogens with zero attached hydrogens (tertiary/aromatic N) is 1. The monoisotopic (exact) mass is 467 g/mol. The van der Waals surface area contributed by atoms with Crippen LogP contribution in [0.25, 0.3) is 11.3 Å². The minimum Gasteiger partial charge on any atom is -0.497 e. The molecule has 1 amide bonds. The molecule has 0 spiro atoms. The summed E-state index contributed by atoms with van der Waals surface area (Å²) in [4.78, 5) is 13.4. The van der Waals surface area contributed by atoms with E-state index in [0.717, 1.165) is 24.1 Å². The number of amides is 1. The quantitative estimate of drug-likeness (QED) is 0.510. The Hall–Kier alpha value is -3.72. The summed E-state index contributed by atoms with van der Waals surface area (Å²) in [5.41, 5.74) is 3.31. The lowest BCUT2D eigenvalue weighted by Gasteiger charge is -2.22. The summed E-state index contributed by atoms with van der Waals surface area (Å²) in [6.07, 6.45) is 1.67. The fourth-order valence-electron chi connectivity index (χ4n) is 4.08. The number of H-pyrrole nitrogens is 1. The molecule has 1 saturated heterocycles. The number of carbonyl (C=O) groups excluding carboxylic acids is 1. The molecule has 0 bridgehead atoms. The Morgan fingerprint density at radius 3 is 2.24 bits per heavy atom. The Morgan fingerprint density at radius 2 is 1.62 bits per heavy atom. The van der Waals surface area contributed by atoms with E-state index in [0.29, 0.717) is 53.2 Å². The number of aromatic nitrogens is 2. The summed E-state index contributed by atoms with van der Waals surface area (Å²) in [5.74, 6) is 2.13. The number of benzene rings is 2. The SMILES string of the molecule is COc1cc(OC)cc(C(=O)Nc2c(-c3ccc(OC)c(OC)c3)n[nH]c2C2CCOCC2)c1. The molecule has 3 aromatic rings. The van der Waals surface area contributed by atoms with E-state index in [-0.39, 0.29) is 11.8 Å². The smallest absolute Gasteiger partial charge is 0.256 e. The van der Waals surface area contributed by atoms with E-state index in [1.165, 1.54) is 0 Å². The van der Waals surface area contributed by atoms with Gasteiger partial charge in [0.05, 0.1) is 39.8 Å². The van der Waals surface area contributed by atoms with Gasteiger partial charge < -0.3 is 29.0 Å². The van der Waals surface area contributed by atoms with Crippen molar-refractivity contribution in [2.45, 2.75) is 18.8 Å². The van der Waals surface area contributed by atoms with Crippen molar-refractivity contribution in [3.05, 3.63) is 47.7 Å². The van der Waals surface area contributed by atoms with Crippen molar-refractivity contribution in [2.24, 2.45) is 0 Å². The first kappa shape index (κ1) is 23.4. The molecule has 1 fully saturated rings. The predicted octanol–water partition coefficient (Wildman–Crippen LogP) is 4.26. The van der Waals surface area contributed by atoms with Crippen LogP contribution in [0.3, 0.4) is 0 Å². The Bertz CT molecular complexity index is 1130. The number of carbonyl (C=O) groups is 1. The number of hydrogen-bond donors (Lipinski definition) is 2. The number of ether oxygens (including phenoxy) is 5. The first-order valence-corrected chi connectivity index (χ1v) is 11.0. The second-order valence-electron chi connectivity index (χ2n) is 7.87. The molecule has 0 unspecified atom stereocenters. The molecule has 34 heavy (non-hydrogen) atoms.